The number of quaternary nitrogens is 1. The molecular formula is C26H31N2+. The van der Waals surface area contributed by atoms with Gasteiger partial charge in [-0.25, -0.2) is 0 Å². The van der Waals surface area contributed by atoms with Crippen LogP contribution in [0.15, 0.2) is 66.9 Å². The minimum Gasteiger partial charge on any atom is -0.317 e. The van der Waals surface area contributed by atoms with Crippen LogP contribution in [0.3, 0.4) is 0 Å². The molecule has 4 atom stereocenters. The Kier molecular flexibility index (Phi) is 4.68. The van der Waals surface area contributed by atoms with E-state index in [9.17, 15) is 0 Å². The molecule has 0 spiro atoms. The molecule has 1 aromatic heterocycles. The molecule has 3 saturated heterocycles. The molecule has 4 heterocycles. The zero-order valence-electron chi connectivity index (χ0n) is 16.9. The molecule has 2 heteroatoms. The Labute approximate surface area is 168 Å². The number of fused-ring (bicyclic) bond motifs is 4. The third-order valence-electron chi connectivity index (χ3n) is 7.62. The number of hydrogen-bond acceptors (Lipinski definition) is 1. The van der Waals surface area contributed by atoms with Gasteiger partial charge >= 0.3 is 0 Å². The molecule has 0 aliphatic carbocycles. The number of hydrogen-bond donors (Lipinski definition) is 0. The van der Waals surface area contributed by atoms with Crippen LogP contribution < -0.4 is 0 Å². The third-order valence-corrected chi connectivity index (χ3v) is 7.62. The summed E-state index contributed by atoms with van der Waals surface area (Å²) in [4.78, 5) is 4.59. The number of rotatable bonds is 5. The number of para-hydroxylation sites is 1. The van der Waals surface area contributed by atoms with Gasteiger partial charge in [-0.3, -0.25) is 4.98 Å². The van der Waals surface area contributed by atoms with E-state index in [-0.39, 0.29) is 0 Å². The number of nitrogens with zero attached hydrogens (tertiary/aromatic N) is 2. The fourth-order valence-corrected chi connectivity index (χ4v) is 6.13. The molecule has 3 aliphatic heterocycles. The normalized spacial score (nSPS) is 29.2. The van der Waals surface area contributed by atoms with Gasteiger partial charge in [0.25, 0.3) is 0 Å². The summed E-state index contributed by atoms with van der Waals surface area (Å²) in [7, 11) is 0. The molecule has 2 aromatic carbocycles. The predicted molar refractivity (Wildman–Crippen MR) is 116 cm³/mol. The summed E-state index contributed by atoms with van der Waals surface area (Å²) in [6.45, 7) is 6.31. The van der Waals surface area contributed by atoms with Crippen LogP contribution >= 0.6 is 0 Å². The zero-order valence-corrected chi connectivity index (χ0v) is 16.9. The van der Waals surface area contributed by atoms with Crippen molar-refractivity contribution in [3.8, 4) is 0 Å². The molecule has 0 amide bonds. The number of piperidine rings is 3. The number of aromatic nitrogens is 1. The van der Waals surface area contributed by atoms with E-state index < -0.39 is 0 Å². The van der Waals surface area contributed by atoms with Crippen molar-refractivity contribution >= 4 is 10.9 Å². The van der Waals surface area contributed by atoms with E-state index in [1.54, 1.807) is 0 Å². The summed E-state index contributed by atoms with van der Waals surface area (Å²) >= 11 is 0. The van der Waals surface area contributed by atoms with Crippen LogP contribution in [0.5, 0.6) is 0 Å². The van der Waals surface area contributed by atoms with E-state index in [1.165, 1.54) is 66.3 Å². The quantitative estimate of drug-likeness (QED) is 0.531. The molecule has 0 saturated carbocycles. The summed E-state index contributed by atoms with van der Waals surface area (Å²) in [5.41, 5.74) is 4.13. The Bertz CT molecular complexity index is 946. The summed E-state index contributed by atoms with van der Waals surface area (Å²) in [6, 6.07) is 22.8. The lowest BCUT2D eigenvalue weighted by atomic mass is 9.71. The van der Waals surface area contributed by atoms with Crippen molar-refractivity contribution < 1.29 is 4.48 Å². The maximum Gasteiger partial charge on any atom is 0.105 e. The Morgan fingerprint density at radius 2 is 1.82 bits per heavy atom. The Morgan fingerprint density at radius 3 is 2.68 bits per heavy atom. The maximum absolute atomic E-state index is 4.59. The fraction of sp³-hybridized carbons (Fsp3) is 0.423. The molecule has 144 valence electrons. The van der Waals surface area contributed by atoms with Crippen LogP contribution in [0, 0.1) is 11.8 Å². The molecule has 4 unspecified atom stereocenters. The molecule has 6 rings (SSSR count). The lowest BCUT2D eigenvalue weighted by Crippen LogP contribution is -2.66. The first-order chi connectivity index (χ1) is 13.8. The average Bonchev–Trinajstić information content (AvgIpc) is 2.75. The number of benzene rings is 2. The largest absolute Gasteiger partial charge is 0.317 e. The first-order valence-electron chi connectivity index (χ1n) is 11.0. The van der Waals surface area contributed by atoms with Gasteiger partial charge in [-0.05, 0) is 30.0 Å². The van der Waals surface area contributed by atoms with E-state index in [4.69, 9.17) is 0 Å². The second kappa shape index (κ2) is 7.33. The molecule has 0 radical (unpaired) electrons. The van der Waals surface area contributed by atoms with Gasteiger partial charge < -0.3 is 4.48 Å². The van der Waals surface area contributed by atoms with E-state index in [0.717, 1.165) is 23.4 Å². The van der Waals surface area contributed by atoms with Crippen molar-refractivity contribution in [1.29, 1.82) is 0 Å². The van der Waals surface area contributed by atoms with Gasteiger partial charge in [0, 0.05) is 42.3 Å². The van der Waals surface area contributed by atoms with Gasteiger partial charge in [0.15, 0.2) is 0 Å². The van der Waals surface area contributed by atoms with Gasteiger partial charge in [0.1, 0.15) is 6.54 Å². The summed E-state index contributed by atoms with van der Waals surface area (Å²) in [5, 5.41) is 1.34. The minimum atomic E-state index is 0.729. The SMILES string of the molecule is CCC1C[N+]2(Cc3ccccc3)CCC1CC2Cc1ccnc2ccccc12. The second-order valence-corrected chi connectivity index (χ2v) is 9.07. The van der Waals surface area contributed by atoms with Crippen LogP contribution in [0.2, 0.25) is 0 Å². The highest BCUT2D eigenvalue weighted by Gasteiger charge is 2.51. The van der Waals surface area contributed by atoms with Gasteiger partial charge in [-0.1, -0.05) is 55.5 Å². The van der Waals surface area contributed by atoms with E-state index in [1.807, 2.05) is 6.20 Å². The molecule has 28 heavy (non-hydrogen) atoms. The van der Waals surface area contributed by atoms with Crippen molar-refractivity contribution in [3.63, 3.8) is 0 Å². The highest BCUT2D eigenvalue weighted by Crippen LogP contribution is 2.45. The van der Waals surface area contributed by atoms with Gasteiger partial charge in [0.05, 0.1) is 24.6 Å². The summed E-state index contributed by atoms with van der Waals surface area (Å²) in [5.74, 6) is 1.83. The first kappa shape index (κ1) is 17.9. The van der Waals surface area contributed by atoms with Gasteiger partial charge in [0.2, 0.25) is 0 Å². The maximum atomic E-state index is 4.59. The number of pyridine rings is 1. The van der Waals surface area contributed by atoms with Crippen molar-refractivity contribution in [2.45, 2.75) is 45.2 Å². The lowest BCUT2D eigenvalue weighted by Gasteiger charge is -2.57. The van der Waals surface area contributed by atoms with E-state index >= 15 is 0 Å². The van der Waals surface area contributed by atoms with Crippen LogP contribution in [-0.2, 0) is 13.0 Å². The monoisotopic (exact) mass is 371 g/mol. The van der Waals surface area contributed by atoms with Crippen molar-refractivity contribution in [2.24, 2.45) is 11.8 Å². The molecular weight excluding hydrogens is 340 g/mol. The Balaban J connectivity index is 1.50. The van der Waals surface area contributed by atoms with Crippen molar-refractivity contribution in [1.82, 2.24) is 4.98 Å². The van der Waals surface area contributed by atoms with E-state index in [0.29, 0.717) is 0 Å². The van der Waals surface area contributed by atoms with E-state index in [2.05, 4.69) is 72.6 Å². The van der Waals surface area contributed by atoms with Crippen LogP contribution in [0.25, 0.3) is 10.9 Å². The summed E-state index contributed by atoms with van der Waals surface area (Å²) in [6.07, 6.45) is 7.33. The van der Waals surface area contributed by atoms with Gasteiger partial charge in [-0.15, -0.1) is 0 Å². The fourth-order valence-electron chi connectivity index (χ4n) is 6.13. The highest BCUT2D eigenvalue weighted by atomic mass is 15.4. The molecule has 3 fully saturated rings. The third kappa shape index (κ3) is 3.14. The Morgan fingerprint density at radius 1 is 1.00 bits per heavy atom. The summed E-state index contributed by atoms with van der Waals surface area (Å²) < 4.78 is 1.29. The lowest BCUT2D eigenvalue weighted by molar-refractivity contribution is -0.982. The van der Waals surface area contributed by atoms with Crippen LogP contribution in [0.1, 0.15) is 37.3 Å². The van der Waals surface area contributed by atoms with Gasteiger partial charge in [-0.2, -0.15) is 0 Å². The molecule has 2 nitrogen and oxygen atoms in total. The van der Waals surface area contributed by atoms with Crippen LogP contribution in [0.4, 0.5) is 0 Å². The topological polar surface area (TPSA) is 12.9 Å². The Hall–Kier alpha value is -2.19. The molecule has 3 aliphatic rings. The predicted octanol–water partition coefficient (Wildman–Crippen LogP) is 5.61. The standard InChI is InChI=1S/C26H31N2/c1-2-21-19-28(18-20-8-4-3-5-9-20)15-13-22(21)16-24(28)17-23-12-14-27-26-11-7-6-10-25(23)26/h3-12,14,21-22,24H,2,13,15-19H2,1H3/q+1. The second-order valence-electron chi connectivity index (χ2n) is 9.07. The van der Waals surface area contributed by atoms with Crippen LogP contribution in [-0.4, -0.2) is 28.6 Å². The molecule has 2 bridgehead atoms. The highest BCUT2D eigenvalue weighted by molar-refractivity contribution is 5.81. The smallest absolute Gasteiger partial charge is 0.105 e. The average molecular weight is 372 g/mol. The zero-order chi connectivity index (χ0) is 19.0. The first-order valence-corrected chi connectivity index (χ1v) is 11.0. The minimum absolute atomic E-state index is 0.729. The van der Waals surface area contributed by atoms with Crippen molar-refractivity contribution in [3.05, 3.63) is 78.0 Å². The molecule has 3 aromatic rings. The molecule has 0 N–H and O–H groups in total. The van der Waals surface area contributed by atoms with Crippen molar-refractivity contribution in [2.75, 3.05) is 13.1 Å².